The summed E-state index contributed by atoms with van der Waals surface area (Å²) < 4.78 is 0. The van der Waals surface area contributed by atoms with Crippen LogP contribution in [-0.2, 0) is 6.54 Å². The van der Waals surface area contributed by atoms with Gasteiger partial charge >= 0.3 is 0 Å². The summed E-state index contributed by atoms with van der Waals surface area (Å²) in [5.74, 6) is 1.85. The highest BCUT2D eigenvalue weighted by Crippen LogP contribution is 2.25. The van der Waals surface area contributed by atoms with Gasteiger partial charge in [-0.2, -0.15) is 0 Å². The predicted molar refractivity (Wildman–Crippen MR) is 80.3 cm³/mol. The SMILES string of the molecule is CC(C)C1CCN(Cc2cccc(C(=N)N)c2)CC1. The highest BCUT2D eigenvalue weighted by atomic mass is 15.1. The van der Waals surface area contributed by atoms with Crippen molar-refractivity contribution in [2.24, 2.45) is 17.6 Å². The maximum atomic E-state index is 7.49. The van der Waals surface area contributed by atoms with E-state index in [0.29, 0.717) is 0 Å². The summed E-state index contributed by atoms with van der Waals surface area (Å²) >= 11 is 0. The van der Waals surface area contributed by atoms with Crippen LogP contribution in [0, 0.1) is 17.2 Å². The number of amidine groups is 1. The topological polar surface area (TPSA) is 53.1 Å². The van der Waals surface area contributed by atoms with Gasteiger partial charge in [-0.05, 0) is 49.4 Å². The smallest absolute Gasteiger partial charge is 0.122 e. The third-order valence-corrected chi connectivity index (χ3v) is 4.22. The molecule has 1 aromatic carbocycles. The van der Waals surface area contributed by atoms with Gasteiger partial charge < -0.3 is 5.73 Å². The van der Waals surface area contributed by atoms with Crippen LogP contribution in [0.15, 0.2) is 24.3 Å². The lowest BCUT2D eigenvalue weighted by Gasteiger charge is -2.33. The van der Waals surface area contributed by atoms with Crippen molar-refractivity contribution in [1.82, 2.24) is 4.90 Å². The molecular formula is C16H25N3. The van der Waals surface area contributed by atoms with E-state index in [2.05, 4.69) is 24.8 Å². The summed E-state index contributed by atoms with van der Waals surface area (Å²) in [4.78, 5) is 2.51. The molecule has 1 heterocycles. The van der Waals surface area contributed by atoms with E-state index in [9.17, 15) is 0 Å². The fourth-order valence-electron chi connectivity index (χ4n) is 2.87. The highest BCUT2D eigenvalue weighted by molar-refractivity contribution is 5.95. The van der Waals surface area contributed by atoms with Gasteiger partial charge in [-0.3, -0.25) is 10.3 Å². The Bertz CT molecular complexity index is 431. The summed E-state index contributed by atoms with van der Waals surface area (Å²) in [6.07, 6.45) is 2.62. The Kier molecular flexibility index (Phi) is 4.59. The van der Waals surface area contributed by atoms with Gasteiger partial charge in [0.1, 0.15) is 5.84 Å². The molecular weight excluding hydrogens is 234 g/mol. The van der Waals surface area contributed by atoms with Crippen molar-refractivity contribution >= 4 is 5.84 Å². The second kappa shape index (κ2) is 6.20. The molecule has 0 amide bonds. The monoisotopic (exact) mass is 259 g/mol. The molecule has 1 aliphatic heterocycles. The van der Waals surface area contributed by atoms with E-state index in [4.69, 9.17) is 11.1 Å². The maximum absolute atomic E-state index is 7.49. The largest absolute Gasteiger partial charge is 0.384 e. The quantitative estimate of drug-likeness (QED) is 0.645. The Morgan fingerprint density at radius 1 is 1.37 bits per heavy atom. The van der Waals surface area contributed by atoms with E-state index in [1.54, 1.807) is 0 Å². The van der Waals surface area contributed by atoms with Gasteiger partial charge in [0.05, 0.1) is 0 Å². The number of nitrogens with one attached hydrogen (secondary N) is 1. The van der Waals surface area contributed by atoms with E-state index >= 15 is 0 Å². The van der Waals surface area contributed by atoms with Crippen LogP contribution in [0.3, 0.4) is 0 Å². The van der Waals surface area contributed by atoms with Crippen LogP contribution in [0.1, 0.15) is 37.8 Å². The Balaban J connectivity index is 1.92. The molecule has 1 saturated heterocycles. The van der Waals surface area contributed by atoms with Crippen LogP contribution in [0.4, 0.5) is 0 Å². The number of nitrogens with zero attached hydrogens (tertiary/aromatic N) is 1. The van der Waals surface area contributed by atoms with Crippen molar-refractivity contribution in [1.29, 1.82) is 5.41 Å². The molecule has 1 aliphatic rings. The molecule has 104 valence electrons. The summed E-state index contributed by atoms with van der Waals surface area (Å²) in [7, 11) is 0. The lowest BCUT2D eigenvalue weighted by Crippen LogP contribution is -2.34. The third-order valence-electron chi connectivity index (χ3n) is 4.22. The minimum atomic E-state index is 0.153. The number of nitrogen functional groups attached to an aromatic ring is 1. The maximum Gasteiger partial charge on any atom is 0.122 e. The molecule has 19 heavy (non-hydrogen) atoms. The third kappa shape index (κ3) is 3.80. The minimum absolute atomic E-state index is 0.153. The first-order valence-corrected chi connectivity index (χ1v) is 7.22. The van der Waals surface area contributed by atoms with Crippen molar-refractivity contribution in [2.75, 3.05) is 13.1 Å². The predicted octanol–water partition coefficient (Wildman–Crippen LogP) is 2.84. The number of nitrogens with two attached hydrogens (primary N) is 1. The molecule has 0 spiro atoms. The van der Waals surface area contributed by atoms with Gasteiger partial charge in [-0.1, -0.05) is 32.0 Å². The average molecular weight is 259 g/mol. The lowest BCUT2D eigenvalue weighted by molar-refractivity contribution is 0.152. The molecule has 3 nitrogen and oxygen atoms in total. The molecule has 1 aromatic rings. The Hall–Kier alpha value is -1.35. The molecule has 0 aromatic heterocycles. The van der Waals surface area contributed by atoms with E-state index in [1.807, 2.05) is 18.2 Å². The number of hydrogen-bond acceptors (Lipinski definition) is 2. The number of piperidine rings is 1. The standard InChI is InChI=1S/C16H25N3/c1-12(2)14-6-8-19(9-7-14)11-13-4-3-5-15(10-13)16(17)18/h3-5,10,12,14H,6-9,11H2,1-2H3,(H3,17,18). The van der Waals surface area contributed by atoms with Gasteiger partial charge in [0.25, 0.3) is 0 Å². The van der Waals surface area contributed by atoms with Gasteiger partial charge in [-0.25, -0.2) is 0 Å². The zero-order valence-electron chi connectivity index (χ0n) is 12.0. The summed E-state index contributed by atoms with van der Waals surface area (Å²) in [5, 5.41) is 7.49. The van der Waals surface area contributed by atoms with Crippen LogP contribution in [0.2, 0.25) is 0 Å². The second-order valence-electron chi connectivity index (χ2n) is 5.97. The van der Waals surface area contributed by atoms with Gasteiger partial charge in [0.2, 0.25) is 0 Å². The number of hydrogen-bond donors (Lipinski definition) is 2. The Morgan fingerprint density at radius 2 is 2.05 bits per heavy atom. The first-order chi connectivity index (χ1) is 9.06. The molecule has 0 radical (unpaired) electrons. The molecule has 1 fully saturated rings. The zero-order valence-corrected chi connectivity index (χ0v) is 12.0. The molecule has 0 aliphatic carbocycles. The van der Waals surface area contributed by atoms with Crippen LogP contribution in [0.25, 0.3) is 0 Å². The van der Waals surface area contributed by atoms with E-state index < -0.39 is 0 Å². The highest BCUT2D eigenvalue weighted by Gasteiger charge is 2.21. The molecule has 3 N–H and O–H groups in total. The number of rotatable bonds is 4. The molecule has 2 rings (SSSR count). The van der Waals surface area contributed by atoms with Crippen LogP contribution in [0.5, 0.6) is 0 Å². The Morgan fingerprint density at radius 3 is 2.63 bits per heavy atom. The molecule has 0 atom stereocenters. The van der Waals surface area contributed by atoms with Crippen molar-refractivity contribution in [3.8, 4) is 0 Å². The van der Waals surface area contributed by atoms with Crippen molar-refractivity contribution in [3.05, 3.63) is 35.4 Å². The van der Waals surface area contributed by atoms with E-state index in [1.165, 1.54) is 31.5 Å². The normalized spacial score (nSPS) is 17.8. The number of likely N-dealkylation sites (tertiary alicyclic amines) is 1. The first-order valence-electron chi connectivity index (χ1n) is 7.22. The summed E-state index contributed by atoms with van der Waals surface area (Å²) in [6, 6.07) is 8.06. The molecule has 0 saturated carbocycles. The average Bonchev–Trinajstić information content (AvgIpc) is 2.39. The fraction of sp³-hybridized carbons (Fsp3) is 0.562. The van der Waals surface area contributed by atoms with Crippen molar-refractivity contribution < 1.29 is 0 Å². The van der Waals surface area contributed by atoms with Gasteiger partial charge in [-0.15, -0.1) is 0 Å². The van der Waals surface area contributed by atoms with Crippen molar-refractivity contribution in [3.63, 3.8) is 0 Å². The van der Waals surface area contributed by atoms with Crippen molar-refractivity contribution in [2.45, 2.75) is 33.2 Å². The summed E-state index contributed by atoms with van der Waals surface area (Å²) in [5.41, 5.74) is 7.63. The second-order valence-corrected chi connectivity index (χ2v) is 5.97. The zero-order chi connectivity index (χ0) is 13.8. The van der Waals surface area contributed by atoms with Crippen LogP contribution in [-0.4, -0.2) is 23.8 Å². The van der Waals surface area contributed by atoms with E-state index in [0.717, 1.165) is 23.9 Å². The molecule has 0 bridgehead atoms. The molecule has 3 heteroatoms. The summed E-state index contributed by atoms with van der Waals surface area (Å²) in [6.45, 7) is 8.01. The first kappa shape index (κ1) is 14.1. The number of benzene rings is 1. The van der Waals surface area contributed by atoms with Gasteiger partial charge in [0, 0.05) is 12.1 Å². The van der Waals surface area contributed by atoms with E-state index in [-0.39, 0.29) is 5.84 Å². The van der Waals surface area contributed by atoms with Crippen LogP contribution < -0.4 is 5.73 Å². The van der Waals surface area contributed by atoms with Crippen LogP contribution >= 0.6 is 0 Å². The van der Waals surface area contributed by atoms with Gasteiger partial charge in [0.15, 0.2) is 0 Å². The minimum Gasteiger partial charge on any atom is -0.384 e. The molecule has 0 unspecified atom stereocenters. The fourth-order valence-corrected chi connectivity index (χ4v) is 2.87. The Labute approximate surface area is 116 Å². The lowest BCUT2D eigenvalue weighted by atomic mass is 9.86.